The van der Waals surface area contributed by atoms with Crippen LogP contribution in [0.4, 0.5) is 11.4 Å². The van der Waals surface area contributed by atoms with Gasteiger partial charge in [-0.05, 0) is 55.2 Å². The van der Waals surface area contributed by atoms with Crippen LogP contribution in [0.15, 0.2) is 47.4 Å². The minimum absolute atomic E-state index is 0.118. The highest BCUT2D eigenvalue weighted by Gasteiger charge is 2.29. The SMILES string of the molecule is CCC(=O)Nc1ccc(S(=O)(=O)N(C)c2cccc3c2nc(C(C)(C)C)n3CC2CCCCC2)cc1. The normalized spacial score (nSPS) is 15.2. The standard InChI is InChI=1S/C28H38N4O3S/c1-6-25(33)29-21-15-17-22(18-16-21)36(34,35)31(5)23-13-10-14-24-26(23)30-27(28(2,3)4)32(24)19-20-11-8-7-9-12-20/h10,13-18,20H,6-9,11-12,19H2,1-5H3,(H,29,33). The van der Waals surface area contributed by atoms with Crippen molar-refractivity contribution in [2.45, 2.75) is 83.1 Å². The van der Waals surface area contributed by atoms with Crippen molar-refractivity contribution in [1.82, 2.24) is 9.55 Å². The number of sulfonamides is 1. The summed E-state index contributed by atoms with van der Waals surface area (Å²) in [5.74, 6) is 1.49. The number of amides is 1. The molecule has 2 aromatic carbocycles. The molecule has 0 saturated heterocycles. The van der Waals surface area contributed by atoms with Gasteiger partial charge in [-0.3, -0.25) is 9.10 Å². The second-order valence-corrected chi connectivity index (χ2v) is 12.8. The Morgan fingerprint density at radius 1 is 1.08 bits per heavy atom. The monoisotopic (exact) mass is 510 g/mol. The van der Waals surface area contributed by atoms with Gasteiger partial charge < -0.3 is 9.88 Å². The summed E-state index contributed by atoms with van der Waals surface area (Å²) in [6.07, 6.45) is 6.67. The van der Waals surface area contributed by atoms with Gasteiger partial charge in [0.15, 0.2) is 0 Å². The average molecular weight is 511 g/mol. The first-order valence-electron chi connectivity index (χ1n) is 12.9. The summed E-state index contributed by atoms with van der Waals surface area (Å²) in [5.41, 5.74) is 2.63. The topological polar surface area (TPSA) is 84.3 Å². The molecule has 1 N–H and O–H groups in total. The van der Waals surface area contributed by atoms with Crippen LogP contribution in [0.2, 0.25) is 0 Å². The highest BCUT2D eigenvalue weighted by Crippen LogP contribution is 2.35. The summed E-state index contributed by atoms with van der Waals surface area (Å²) < 4.78 is 30.8. The molecule has 0 aliphatic heterocycles. The fraction of sp³-hybridized carbons (Fsp3) is 0.500. The van der Waals surface area contributed by atoms with E-state index in [1.165, 1.54) is 48.5 Å². The smallest absolute Gasteiger partial charge is 0.264 e. The lowest BCUT2D eigenvalue weighted by Gasteiger charge is -2.26. The Morgan fingerprint density at radius 2 is 1.75 bits per heavy atom. The lowest BCUT2D eigenvalue weighted by molar-refractivity contribution is -0.115. The number of carbonyl (C=O) groups is 1. The van der Waals surface area contributed by atoms with Crippen molar-refractivity contribution in [2.24, 2.45) is 5.92 Å². The van der Waals surface area contributed by atoms with Crippen molar-refractivity contribution in [3.63, 3.8) is 0 Å². The number of hydrogen-bond donors (Lipinski definition) is 1. The first-order valence-corrected chi connectivity index (χ1v) is 14.3. The molecule has 0 unspecified atom stereocenters. The lowest BCUT2D eigenvalue weighted by atomic mass is 9.88. The van der Waals surface area contributed by atoms with Gasteiger partial charge in [0, 0.05) is 31.1 Å². The Bertz CT molecular complexity index is 1330. The Labute approximate surface area is 215 Å². The highest BCUT2D eigenvalue weighted by molar-refractivity contribution is 7.92. The lowest BCUT2D eigenvalue weighted by Crippen LogP contribution is -2.26. The molecule has 1 amide bonds. The fourth-order valence-electron chi connectivity index (χ4n) is 5.02. The molecule has 1 heterocycles. The predicted octanol–water partition coefficient (Wildman–Crippen LogP) is 6.09. The number of para-hydroxylation sites is 1. The third kappa shape index (κ3) is 5.28. The zero-order valence-corrected chi connectivity index (χ0v) is 22.9. The van der Waals surface area contributed by atoms with E-state index in [0.29, 0.717) is 29.2 Å². The number of anilines is 2. The zero-order valence-electron chi connectivity index (χ0n) is 22.0. The van der Waals surface area contributed by atoms with Crippen LogP contribution in [-0.2, 0) is 26.8 Å². The number of hydrogen-bond acceptors (Lipinski definition) is 4. The molecule has 1 saturated carbocycles. The first kappa shape index (κ1) is 26.2. The number of rotatable bonds is 7. The van der Waals surface area contributed by atoms with E-state index in [0.717, 1.165) is 17.9 Å². The van der Waals surface area contributed by atoms with Crippen molar-refractivity contribution in [2.75, 3.05) is 16.7 Å². The molecule has 1 fully saturated rings. The van der Waals surface area contributed by atoms with Crippen molar-refractivity contribution < 1.29 is 13.2 Å². The summed E-state index contributed by atoms with van der Waals surface area (Å²) in [4.78, 5) is 16.9. The number of aromatic nitrogens is 2. The van der Waals surface area contributed by atoms with Gasteiger partial charge in [-0.1, -0.05) is 53.0 Å². The van der Waals surface area contributed by atoms with Crippen LogP contribution in [0.5, 0.6) is 0 Å². The molecule has 0 bridgehead atoms. The Morgan fingerprint density at radius 3 is 2.36 bits per heavy atom. The quantitative estimate of drug-likeness (QED) is 0.417. The third-order valence-corrected chi connectivity index (χ3v) is 8.84. The van der Waals surface area contributed by atoms with Crippen molar-refractivity contribution in [1.29, 1.82) is 0 Å². The van der Waals surface area contributed by atoms with Crippen LogP contribution in [-0.4, -0.2) is 30.9 Å². The molecule has 7 nitrogen and oxygen atoms in total. The van der Waals surface area contributed by atoms with Crippen LogP contribution in [0.1, 0.15) is 72.0 Å². The fourth-order valence-corrected chi connectivity index (χ4v) is 6.22. The largest absolute Gasteiger partial charge is 0.327 e. The molecule has 0 spiro atoms. The second-order valence-electron chi connectivity index (χ2n) is 10.8. The van der Waals surface area contributed by atoms with Crippen molar-refractivity contribution in [3.8, 4) is 0 Å². The maximum absolute atomic E-state index is 13.6. The minimum Gasteiger partial charge on any atom is -0.327 e. The molecule has 8 heteroatoms. The Balaban J connectivity index is 1.72. The molecule has 3 aromatic rings. The summed E-state index contributed by atoms with van der Waals surface area (Å²) in [6, 6.07) is 12.1. The van der Waals surface area contributed by atoms with E-state index < -0.39 is 10.0 Å². The van der Waals surface area contributed by atoms with Crippen LogP contribution < -0.4 is 9.62 Å². The minimum atomic E-state index is -3.83. The number of nitrogens with one attached hydrogen (secondary N) is 1. The van der Waals surface area contributed by atoms with E-state index in [9.17, 15) is 13.2 Å². The van der Waals surface area contributed by atoms with E-state index in [2.05, 4.69) is 36.7 Å². The Kier molecular flexibility index (Phi) is 7.46. The van der Waals surface area contributed by atoms with Gasteiger partial charge in [0.05, 0.1) is 16.1 Å². The summed E-state index contributed by atoms with van der Waals surface area (Å²) >= 11 is 0. The molecule has 0 radical (unpaired) electrons. The van der Waals surface area contributed by atoms with Gasteiger partial charge in [0.25, 0.3) is 10.0 Å². The maximum Gasteiger partial charge on any atom is 0.264 e. The zero-order chi connectivity index (χ0) is 26.1. The maximum atomic E-state index is 13.6. The number of benzene rings is 2. The summed E-state index contributed by atoms with van der Waals surface area (Å²) in [6.45, 7) is 9.15. The molecule has 0 atom stereocenters. The van der Waals surface area contributed by atoms with Crippen LogP contribution in [0, 0.1) is 5.92 Å². The third-order valence-electron chi connectivity index (χ3n) is 7.05. The number of fused-ring (bicyclic) bond motifs is 1. The average Bonchev–Trinajstić information content (AvgIpc) is 3.23. The molecule has 1 aliphatic rings. The van der Waals surface area contributed by atoms with E-state index in [1.807, 2.05) is 12.1 Å². The van der Waals surface area contributed by atoms with Gasteiger partial charge in [-0.2, -0.15) is 0 Å². The molecule has 1 aliphatic carbocycles. The number of imidazole rings is 1. The summed E-state index contributed by atoms with van der Waals surface area (Å²) in [5, 5.41) is 2.75. The Hall–Kier alpha value is -2.87. The van der Waals surface area contributed by atoms with Gasteiger partial charge in [-0.25, -0.2) is 13.4 Å². The van der Waals surface area contributed by atoms with E-state index >= 15 is 0 Å². The number of carbonyl (C=O) groups excluding carboxylic acids is 1. The van der Waals surface area contributed by atoms with Crippen molar-refractivity contribution >= 4 is 38.3 Å². The van der Waals surface area contributed by atoms with Gasteiger partial charge >= 0.3 is 0 Å². The first-order chi connectivity index (χ1) is 17.0. The molecule has 194 valence electrons. The second kappa shape index (κ2) is 10.2. The van der Waals surface area contributed by atoms with Crippen LogP contribution >= 0.6 is 0 Å². The van der Waals surface area contributed by atoms with Gasteiger partial charge in [-0.15, -0.1) is 0 Å². The highest BCUT2D eigenvalue weighted by atomic mass is 32.2. The molecule has 4 rings (SSSR count). The molecule has 36 heavy (non-hydrogen) atoms. The molecular weight excluding hydrogens is 472 g/mol. The van der Waals surface area contributed by atoms with Crippen LogP contribution in [0.3, 0.4) is 0 Å². The van der Waals surface area contributed by atoms with E-state index in [-0.39, 0.29) is 16.2 Å². The number of nitrogens with zero attached hydrogens (tertiary/aromatic N) is 3. The van der Waals surface area contributed by atoms with Crippen molar-refractivity contribution in [3.05, 3.63) is 48.3 Å². The van der Waals surface area contributed by atoms with Gasteiger partial charge in [0.1, 0.15) is 11.3 Å². The molecule has 1 aromatic heterocycles. The summed E-state index contributed by atoms with van der Waals surface area (Å²) in [7, 11) is -2.25. The van der Waals surface area contributed by atoms with E-state index in [1.54, 1.807) is 26.1 Å². The van der Waals surface area contributed by atoms with Gasteiger partial charge in [0.2, 0.25) is 5.91 Å². The molecular formula is C28H38N4O3S. The predicted molar refractivity (Wildman–Crippen MR) is 146 cm³/mol. The van der Waals surface area contributed by atoms with E-state index in [4.69, 9.17) is 4.98 Å². The van der Waals surface area contributed by atoms with Crippen LogP contribution in [0.25, 0.3) is 11.0 Å².